The van der Waals surface area contributed by atoms with Crippen LogP contribution in [0.1, 0.15) is 12.5 Å². The molecule has 1 fully saturated rings. The minimum absolute atomic E-state index is 0.165. The molecule has 7 heteroatoms. The van der Waals surface area contributed by atoms with Crippen molar-refractivity contribution in [2.45, 2.75) is 6.92 Å². The quantitative estimate of drug-likeness (QED) is 0.496. The van der Waals surface area contributed by atoms with E-state index in [1.165, 1.54) is 18.2 Å². The maximum atomic E-state index is 13.1. The molecule has 3 aromatic rings. The smallest absolute Gasteiger partial charge is 0.335 e. The molecule has 0 radical (unpaired) electrons. The highest BCUT2D eigenvalue weighted by Crippen LogP contribution is 2.32. The fourth-order valence-electron chi connectivity index (χ4n) is 3.33. The molecular weight excluding hydrogens is 404 g/mol. The van der Waals surface area contributed by atoms with Crippen molar-refractivity contribution in [1.29, 1.82) is 0 Å². The van der Waals surface area contributed by atoms with Gasteiger partial charge in [-0.3, -0.25) is 14.9 Å². The summed E-state index contributed by atoms with van der Waals surface area (Å²) in [6.45, 7) is 2.27. The Balaban J connectivity index is 1.85. The van der Waals surface area contributed by atoms with E-state index in [-0.39, 0.29) is 5.57 Å². The van der Waals surface area contributed by atoms with Crippen molar-refractivity contribution in [1.82, 2.24) is 5.32 Å². The molecule has 1 saturated heterocycles. The van der Waals surface area contributed by atoms with E-state index in [1.54, 1.807) is 18.2 Å². The van der Waals surface area contributed by atoms with Gasteiger partial charge in [0.15, 0.2) is 0 Å². The van der Waals surface area contributed by atoms with Crippen molar-refractivity contribution in [3.8, 4) is 5.75 Å². The molecule has 0 atom stereocenters. The minimum atomic E-state index is -0.813. The summed E-state index contributed by atoms with van der Waals surface area (Å²) in [6, 6.07) is 16.7. The lowest BCUT2D eigenvalue weighted by atomic mass is 9.99. The van der Waals surface area contributed by atoms with Crippen molar-refractivity contribution in [3.05, 3.63) is 76.8 Å². The first-order chi connectivity index (χ1) is 14.5. The Hall–Kier alpha value is -3.64. The van der Waals surface area contributed by atoms with Crippen molar-refractivity contribution in [2.24, 2.45) is 0 Å². The Bertz CT molecular complexity index is 1200. The van der Waals surface area contributed by atoms with Gasteiger partial charge >= 0.3 is 6.03 Å². The number of carbonyl (C=O) groups excluding carboxylic acids is 3. The van der Waals surface area contributed by atoms with Crippen molar-refractivity contribution >= 4 is 52.0 Å². The number of barbiturate groups is 1. The maximum Gasteiger partial charge on any atom is 0.335 e. The summed E-state index contributed by atoms with van der Waals surface area (Å²) in [7, 11) is 0. The van der Waals surface area contributed by atoms with Crippen LogP contribution in [0.25, 0.3) is 16.8 Å². The summed E-state index contributed by atoms with van der Waals surface area (Å²) in [5, 5.41) is 4.45. The molecule has 30 heavy (non-hydrogen) atoms. The Kier molecular flexibility index (Phi) is 5.25. The van der Waals surface area contributed by atoms with Crippen LogP contribution < -0.4 is 15.0 Å². The number of amides is 4. The molecule has 4 rings (SSSR count). The number of halogens is 1. The fourth-order valence-corrected chi connectivity index (χ4v) is 3.46. The van der Waals surface area contributed by atoms with Crippen LogP contribution in [-0.4, -0.2) is 24.5 Å². The molecule has 0 saturated carbocycles. The van der Waals surface area contributed by atoms with E-state index in [1.807, 2.05) is 37.3 Å². The molecule has 6 nitrogen and oxygen atoms in total. The normalized spacial score (nSPS) is 15.6. The standard InChI is InChI=1S/C23H17ClN2O4/c1-2-30-20-12-7-14-5-3-4-6-17(14)18(20)13-19-21(27)25-23(29)26(22(19)28)16-10-8-15(24)9-11-16/h3-13H,2H2,1H3,(H,25,27,29). The summed E-state index contributed by atoms with van der Waals surface area (Å²) in [5.41, 5.74) is 0.740. The number of fused-ring (bicyclic) bond motifs is 1. The molecular formula is C23H17ClN2O4. The number of benzene rings is 3. The number of ether oxygens (including phenoxy) is 1. The highest BCUT2D eigenvalue weighted by Gasteiger charge is 2.37. The third-order valence-corrected chi connectivity index (χ3v) is 4.96. The number of nitrogens with zero attached hydrogens (tertiary/aromatic N) is 1. The molecule has 0 spiro atoms. The van der Waals surface area contributed by atoms with Gasteiger partial charge in [0.05, 0.1) is 12.3 Å². The summed E-state index contributed by atoms with van der Waals surface area (Å²) >= 11 is 5.90. The number of hydrogen-bond acceptors (Lipinski definition) is 4. The largest absolute Gasteiger partial charge is 0.493 e. The van der Waals surface area contributed by atoms with Crippen LogP contribution in [0.3, 0.4) is 0 Å². The number of urea groups is 1. The second kappa shape index (κ2) is 8.00. The molecule has 1 N–H and O–H groups in total. The zero-order chi connectivity index (χ0) is 21.3. The van der Waals surface area contributed by atoms with Gasteiger partial charge in [-0.05, 0) is 54.1 Å². The number of imide groups is 2. The molecule has 0 aliphatic carbocycles. The van der Waals surface area contributed by atoms with Gasteiger partial charge < -0.3 is 4.74 Å². The molecule has 4 amide bonds. The van der Waals surface area contributed by atoms with Crippen LogP contribution in [0.2, 0.25) is 5.02 Å². The monoisotopic (exact) mass is 420 g/mol. The third-order valence-electron chi connectivity index (χ3n) is 4.71. The molecule has 0 bridgehead atoms. The number of hydrogen-bond donors (Lipinski definition) is 1. The lowest BCUT2D eigenvalue weighted by molar-refractivity contribution is -0.122. The minimum Gasteiger partial charge on any atom is -0.493 e. The van der Waals surface area contributed by atoms with Crippen LogP contribution in [-0.2, 0) is 9.59 Å². The highest BCUT2D eigenvalue weighted by atomic mass is 35.5. The first-order valence-electron chi connectivity index (χ1n) is 9.31. The van der Waals surface area contributed by atoms with Crippen LogP contribution in [0.5, 0.6) is 5.75 Å². The van der Waals surface area contributed by atoms with Crippen LogP contribution in [0.15, 0.2) is 66.2 Å². The second-order valence-electron chi connectivity index (χ2n) is 6.57. The topological polar surface area (TPSA) is 75.7 Å². The maximum absolute atomic E-state index is 13.1. The van der Waals surface area contributed by atoms with Gasteiger partial charge in [0.1, 0.15) is 11.3 Å². The summed E-state index contributed by atoms with van der Waals surface area (Å²) < 4.78 is 5.72. The van der Waals surface area contributed by atoms with Gasteiger partial charge in [-0.1, -0.05) is 41.9 Å². The molecule has 150 valence electrons. The molecule has 1 aliphatic rings. The van der Waals surface area contributed by atoms with Crippen LogP contribution >= 0.6 is 11.6 Å². The Morgan fingerprint density at radius 1 is 1.00 bits per heavy atom. The zero-order valence-corrected chi connectivity index (χ0v) is 16.8. The van der Waals surface area contributed by atoms with Gasteiger partial charge in [-0.2, -0.15) is 0 Å². The highest BCUT2D eigenvalue weighted by molar-refractivity contribution is 6.39. The molecule has 3 aromatic carbocycles. The third kappa shape index (κ3) is 3.53. The summed E-state index contributed by atoms with van der Waals surface area (Å²) in [6.07, 6.45) is 1.47. The van der Waals surface area contributed by atoms with Crippen molar-refractivity contribution in [2.75, 3.05) is 11.5 Å². The first-order valence-corrected chi connectivity index (χ1v) is 9.69. The average Bonchev–Trinajstić information content (AvgIpc) is 2.73. The van der Waals surface area contributed by atoms with Crippen LogP contribution in [0.4, 0.5) is 10.5 Å². The summed E-state index contributed by atoms with van der Waals surface area (Å²) in [5.74, 6) is -0.939. The SMILES string of the molecule is CCOc1ccc2ccccc2c1C=C1C(=O)NC(=O)N(c2ccc(Cl)cc2)C1=O. The number of anilines is 1. The number of rotatable bonds is 4. The van der Waals surface area contributed by atoms with E-state index in [9.17, 15) is 14.4 Å². The van der Waals surface area contributed by atoms with E-state index >= 15 is 0 Å². The Morgan fingerprint density at radius 2 is 1.73 bits per heavy atom. The average molecular weight is 421 g/mol. The predicted octanol–water partition coefficient (Wildman–Crippen LogP) is 4.56. The van der Waals surface area contributed by atoms with Gasteiger partial charge in [0.25, 0.3) is 11.8 Å². The number of nitrogens with one attached hydrogen (secondary N) is 1. The lowest BCUT2D eigenvalue weighted by Crippen LogP contribution is -2.54. The van der Waals surface area contributed by atoms with Crippen LogP contribution in [0, 0.1) is 0 Å². The van der Waals surface area contributed by atoms with Gasteiger partial charge in [0, 0.05) is 10.6 Å². The zero-order valence-electron chi connectivity index (χ0n) is 16.0. The van der Waals surface area contributed by atoms with E-state index in [0.29, 0.717) is 28.6 Å². The van der Waals surface area contributed by atoms with E-state index in [2.05, 4.69) is 5.32 Å². The van der Waals surface area contributed by atoms with Crippen molar-refractivity contribution in [3.63, 3.8) is 0 Å². The van der Waals surface area contributed by atoms with Gasteiger partial charge in [-0.25, -0.2) is 9.69 Å². The predicted molar refractivity (Wildman–Crippen MR) is 116 cm³/mol. The lowest BCUT2D eigenvalue weighted by Gasteiger charge is -2.26. The Morgan fingerprint density at radius 3 is 2.47 bits per heavy atom. The van der Waals surface area contributed by atoms with E-state index < -0.39 is 17.8 Å². The van der Waals surface area contributed by atoms with Crippen molar-refractivity contribution < 1.29 is 19.1 Å². The molecule has 0 aromatic heterocycles. The fraction of sp³-hybridized carbons (Fsp3) is 0.0870. The molecule has 0 unspecified atom stereocenters. The second-order valence-corrected chi connectivity index (χ2v) is 7.00. The van der Waals surface area contributed by atoms with Gasteiger partial charge in [-0.15, -0.1) is 0 Å². The molecule has 1 aliphatic heterocycles. The number of carbonyl (C=O) groups is 3. The molecule has 1 heterocycles. The van der Waals surface area contributed by atoms with E-state index in [0.717, 1.165) is 15.7 Å². The first kappa shape index (κ1) is 19.7. The summed E-state index contributed by atoms with van der Waals surface area (Å²) in [4.78, 5) is 39.0. The Labute approximate surface area is 177 Å². The van der Waals surface area contributed by atoms with E-state index in [4.69, 9.17) is 16.3 Å². The van der Waals surface area contributed by atoms with Gasteiger partial charge in [0.2, 0.25) is 0 Å².